The number of likely N-dealkylation sites (tertiary alicyclic amines) is 1. The topological polar surface area (TPSA) is 77.6 Å². The van der Waals surface area contributed by atoms with Crippen LogP contribution in [0.4, 0.5) is 15.6 Å². The van der Waals surface area contributed by atoms with E-state index in [1.165, 1.54) is 17.5 Å². The number of rotatable bonds is 3. The predicted octanol–water partition coefficient (Wildman–Crippen LogP) is 3.19. The summed E-state index contributed by atoms with van der Waals surface area (Å²) < 4.78 is 0.509. The number of hydrogen-bond donors (Lipinski definition) is 2. The molecule has 2 aromatic rings. The number of nitrogens with one attached hydrogen (secondary N) is 2. The number of fused-ring (bicyclic) bond motifs is 2. The van der Waals surface area contributed by atoms with Gasteiger partial charge in [0.1, 0.15) is 4.34 Å². The van der Waals surface area contributed by atoms with Crippen LogP contribution in [-0.2, 0) is 10.2 Å². The number of thiazole rings is 1. The standard InChI is InChI=1S/C18H19Cl2N5O2S/c1-21-8-15(26)24-5-4-18(9-24)10-25(13-3-2-11(19)6-12(13)18)17(27)23-16-22-7-14(20)28-16/h2-3,6-7,21H,4-5,8-10H2,1H3,(H,22,23,27). The quantitative estimate of drug-likeness (QED) is 0.769. The fourth-order valence-corrected chi connectivity index (χ4v) is 4.97. The summed E-state index contributed by atoms with van der Waals surface area (Å²) in [6, 6.07) is 5.28. The maximum Gasteiger partial charge on any atom is 0.328 e. The number of amides is 3. The maximum absolute atomic E-state index is 12.9. The molecule has 3 amide bonds. The molecule has 1 unspecified atom stereocenters. The van der Waals surface area contributed by atoms with Gasteiger partial charge in [0.15, 0.2) is 5.13 Å². The van der Waals surface area contributed by atoms with Gasteiger partial charge in [0.05, 0.1) is 12.7 Å². The summed E-state index contributed by atoms with van der Waals surface area (Å²) in [5.41, 5.74) is 1.50. The van der Waals surface area contributed by atoms with Gasteiger partial charge in [-0.2, -0.15) is 0 Å². The first-order valence-corrected chi connectivity index (χ1v) is 10.4. The Balaban J connectivity index is 1.62. The van der Waals surface area contributed by atoms with Crippen LogP contribution in [0.15, 0.2) is 24.4 Å². The number of likely N-dealkylation sites (N-methyl/N-ethyl adjacent to an activating group) is 1. The average Bonchev–Trinajstić information content (AvgIpc) is 3.35. The van der Waals surface area contributed by atoms with E-state index in [0.717, 1.165) is 17.7 Å². The minimum atomic E-state index is -0.318. The SMILES string of the molecule is CNCC(=O)N1CCC2(C1)CN(C(=O)Nc1ncc(Cl)s1)c1ccc(Cl)cc12. The van der Waals surface area contributed by atoms with Gasteiger partial charge in [-0.15, -0.1) is 0 Å². The van der Waals surface area contributed by atoms with E-state index in [0.29, 0.717) is 40.7 Å². The number of benzene rings is 1. The lowest BCUT2D eigenvalue weighted by Gasteiger charge is -2.25. The van der Waals surface area contributed by atoms with Crippen LogP contribution in [0.2, 0.25) is 9.36 Å². The van der Waals surface area contributed by atoms with Gasteiger partial charge in [-0.05, 0) is 37.2 Å². The molecular weight excluding hydrogens is 421 g/mol. The van der Waals surface area contributed by atoms with E-state index in [-0.39, 0.29) is 17.4 Å². The summed E-state index contributed by atoms with van der Waals surface area (Å²) >= 11 is 13.4. The molecule has 2 aliphatic rings. The third-order valence-corrected chi connectivity index (χ3v) is 6.52. The highest BCUT2D eigenvalue weighted by Crippen LogP contribution is 2.47. The first-order chi connectivity index (χ1) is 13.4. The van der Waals surface area contributed by atoms with Crippen molar-refractivity contribution in [2.24, 2.45) is 0 Å². The molecule has 2 N–H and O–H groups in total. The van der Waals surface area contributed by atoms with Crippen LogP contribution < -0.4 is 15.5 Å². The molecule has 0 saturated carbocycles. The molecule has 28 heavy (non-hydrogen) atoms. The van der Waals surface area contributed by atoms with Crippen molar-refractivity contribution in [3.8, 4) is 0 Å². The van der Waals surface area contributed by atoms with Gasteiger partial charge in [-0.3, -0.25) is 15.0 Å². The Labute approximate surface area is 176 Å². The molecule has 0 aliphatic carbocycles. The van der Waals surface area contributed by atoms with E-state index in [4.69, 9.17) is 23.2 Å². The molecule has 0 radical (unpaired) electrons. The number of carbonyl (C=O) groups is 2. The van der Waals surface area contributed by atoms with Crippen LogP contribution in [0.5, 0.6) is 0 Å². The lowest BCUT2D eigenvalue weighted by atomic mass is 9.81. The van der Waals surface area contributed by atoms with Gasteiger partial charge in [-0.1, -0.05) is 34.5 Å². The number of hydrogen-bond acceptors (Lipinski definition) is 5. The Bertz CT molecular complexity index is 936. The van der Waals surface area contributed by atoms with Crippen molar-refractivity contribution in [2.45, 2.75) is 11.8 Å². The molecule has 1 saturated heterocycles. The first kappa shape index (κ1) is 19.4. The highest BCUT2D eigenvalue weighted by Gasteiger charge is 2.49. The molecule has 1 aromatic heterocycles. The fraction of sp³-hybridized carbons (Fsp3) is 0.389. The van der Waals surface area contributed by atoms with Crippen LogP contribution >= 0.6 is 34.5 Å². The van der Waals surface area contributed by atoms with Gasteiger partial charge in [0, 0.05) is 35.8 Å². The molecule has 0 bridgehead atoms. The molecule has 1 fully saturated rings. The van der Waals surface area contributed by atoms with Crippen molar-refractivity contribution in [1.82, 2.24) is 15.2 Å². The van der Waals surface area contributed by atoms with Crippen LogP contribution in [0.3, 0.4) is 0 Å². The zero-order chi connectivity index (χ0) is 19.9. The number of anilines is 2. The monoisotopic (exact) mass is 439 g/mol. The smallest absolute Gasteiger partial charge is 0.328 e. The molecular formula is C18H19Cl2N5O2S. The summed E-state index contributed by atoms with van der Waals surface area (Å²) in [7, 11) is 1.76. The maximum atomic E-state index is 12.9. The number of halogens is 2. The van der Waals surface area contributed by atoms with Crippen molar-refractivity contribution in [2.75, 3.05) is 43.4 Å². The normalized spacial score (nSPS) is 20.7. The summed E-state index contributed by atoms with van der Waals surface area (Å²) in [6.45, 7) is 2.00. The predicted molar refractivity (Wildman–Crippen MR) is 112 cm³/mol. The second kappa shape index (κ2) is 7.51. The zero-order valence-corrected chi connectivity index (χ0v) is 17.5. The molecule has 1 spiro atoms. The van der Waals surface area contributed by atoms with Crippen LogP contribution in [-0.4, -0.2) is 55.0 Å². The van der Waals surface area contributed by atoms with E-state index < -0.39 is 0 Å². The Hall–Kier alpha value is -1.87. The molecule has 7 nitrogen and oxygen atoms in total. The second-order valence-electron chi connectivity index (χ2n) is 7.02. The van der Waals surface area contributed by atoms with E-state index in [9.17, 15) is 9.59 Å². The number of urea groups is 1. The average molecular weight is 440 g/mol. The van der Waals surface area contributed by atoms with E-state index >= 15 is 0 Å². The van der Waals surface area contributed by atoms with Gasteiger partial charge < -0.3 is 10.2 Å². The summed E-state index contributed by atoms with van der Waals surface area (Å²) in [4.78, 5) is 32.9. The van der Waals surface area contributed by atoms with Crippen molar-refractivity contribution in [3.05, 3.63) is 39.3 Å². The fourth-order valence-electron chi connectivity index (χ4n) is 3.99. The van der Waals surface area contributed by atoms with E-state index in [1.807, 2.05) is 17.0 Å². The minimum absolute atomic E-state index is 0.0586. The van der Waals surface area contributed by atoms with Crippen molar-refractivity contribution >= 4 is 57.3 Å². The van der Waals surface area contributed by atoms with Gasteiger partial charge in [-0.25, -0.2) is 9.78 Å². The Morgan fingerprint density at radius 2 is 2.14 bits per heavy atom. The molecule has 10 heteroatoms. The van der Waals surface area contributed by atoms with Gasteiger partial charge in [0.2, 0.25) is 5.91 Å². The van der Waals surface area contributed by atoms with Crippen molar-refractivity contribution in [3.63, 3.8) is 0 Å². The number of nitrogens with zero attached hydrogens (tertiary/aromatic N) is 3. The Kier molecular flexibility index (Phi) is 5.22. The van der Waals surface area contributed by atoms with E-state index in [2.05, 4.69) is 15.6 Å². The summed E-state index contributed by atoms with van der Waals surface area (Å²) in [5.74, 6) is 0.0586. The Morgan fingerprint density at radius 3 is 2.86 bits per heavy atom. The largest absolute Gasteiger partial charge is 0.341 e. The third kappa shape index (κ3) is 3.45. The second-order valence-corrected chi connectivity index (χ2v) is 9.12. The van der Waals surface area contributed by atoms with E-state index in [1.54, 1.807) is 18.0 Å². The van der Waals surface area contributed by atoms with Crippen LogP contribution in [0.1, 0.15) is 12.0 Å². The minimum Gasteiger partial charge on any atom is -0.341 e. The lowest BCUT2D eigenvalue weighted by molar-refractivity contribution is -0.129. The molecule has 1 atom stereocenters. The molecule has 148 valence electrons. The zero-order valence-electron chi connectivity index (χ0n) is 15.2. The highest BCUT2D eigenvalue weighted by molar-refractivity contribution is 7.19. The Morgan fingerprint density at radius 1 is 1.32 bits per heavy atom. The number of carbonyl (C=O) groups excluding carboxylic acids is 2. The van der Waals surface area contributed by atoms with Crippen LogP contribution in [0, 0.1) is 0 Å². The van der Waals surface area contributed by atoms with Gasteiger partial charge in [0.25, 0.3) is 0 Å². The molecule has 3 heterocycles. The van der Waals surface area contributed by atoms with Crippen LogP contribution in [0.25, 0.3) is 0 Å². The summed E-state index contributed by atoms with van der Waals surface area (Å²) in [6.07, 6.45) is 2.28. The molecule has 4 rings (SSSR count). The number of aromatic nitrogens is 1. The molecule has 1 aromatic carbocycles. The van der Waals surface area contributed by atoms with Gasteiger partial charge >= 0.3 is 6.03 Å². The van der Waals surface area contributed by atoms with Crippen molar-refractivity contribution in [1.29, 1.82) is 0 Å². The highest BCUT2D eigenvalue weighted by atomic mass is 35.5. The first-order valence-electron chi connectivity index (χ1n) is 8.84. The summed E-state index contributed by atoms with van der Waals surface area (Å²) in [5, 5.41) is 6.78. The third-order valence-electron chi connectivity index (χ3n) is 5.25. The molecule has 2 aliphatic heterocycles. The lowest BCUT2D eigenvalue weighted by Crippen LogP contribution is -2.42. The van der Waals surface area contributed by atoms with Crippen molar-refractivity contribution < 1.29 is 9.59 Å².